The van der Waals surface area contributed by atoms with Crippen LogP contribution in [0.2, 0.25) is 0 Å². The van der Waals surface area contributed by atoms with Gasteiger partial charge in [0.25, 0.3) is 10.0 Å². The van der Waals surface area contributed by atoms with Gasteiger partial charge in [0.15, 0.2) is 0 Å². The third kappa shape index (κ3) is 3.35. The average molecular weight is 345 g/mol. The van der Waals surface area contributed by atoms with Gasteiger partial charge in [-0.2, -0.15) is 0 Å². The zero-order chi connectivity index (χ0) is 17.2. The van der Waals surface area contributed by atoms with Crippen molar-refractivity contribution < 1.29 is 13.2 Å². The van der Waals surface area contributed by atoms with Gasteiger partial charge in [-0.1, -0.05) is 18.2 Å². The fraction of sp³-hybridized carbons (Fsp3) is 0.235. The van der Waals surface area contributed by atoms with Crippen LogP contribution in [0.25, 0.3) is 0 Å². The van der Waals surface area contributed by atoms with E-state index < -0.39 is 10.0 Å². The lowest BCUT2D eigenvalue weighted by molar-refractivity contribution is 0.207. The molecule has 0 saturated carbocycles. The fourth-order valence-corrected chi connectivity index (χ4v) is 3.71. The number of nitrogens with one attached hydrogen (secondary N) is 1. The highest BCUT2D eigenvalue weighted by Crippen LogP contribution is 2.23. The van der Waals surface area contributed by atoms with Crippen LogP contribution in [0.1, 0.15) is 6.42 Å². The molecule has 1 N–H and O–H groups in total. The second-order valence-electron chi connectivity index (χ2n) is 5.67. The number of sulfonamides is 1. The van der Waals surface area contributed by atoms with Crippen LogP contribution in [0.4, 0.5) is 16.2 Å². The van der Waals surface area contributed by atoms with Crippen LogP contribution in [0, 0.1) is 0 Å². The maximum absolute atomic E-state index is 12.3. The molecule has 126 valence electrons. The summed E-state index contributed by atoms with van der Waals surface area (Å²) in [5.74, 6) is 0. The predicted molar refractivity (Wildman–Crippen MR) is 93.7 cm³/mol. The molecule has 0 bridgehead atoms. The number of carbonyl (C=O) groups is 1. The molecule has 1 aliphatic rings. The Balaban J connectivity index is 1.77. The number of benzene rings is 2. The van der Waals surface area contributed by atoms with E-state index in [2.05, 4.69) is 4.72 Å². The Labute approximate surface area is 141 Å². The van der Waals surface area contributed by atoms with Crippen molar-refractivity contribution in [1.29, 1.82) is 0 Å². The van der Waals surface area contributed by atoms with Gasteiger partial charge < -0.3 is 4.90 Å². The molecule has 0 unspecified atom stereocenters. The first-order valence-corrected chi connectivity index (χ1v) is 9.16. The summed E-state index contributed by atoms with van der Waals surface area (Å²) in [7, 11) is -1.83. The topological polar surface area (TPSA) is 69.7 Å². The summed E-state index contributed by atoms with van der Waals surface area (Å²) in [5.41, 5.74) is 1.22. The van der Waals surface area contributed by atoms with Crippen LogP contribution in [-0.2, 0) is 10.0 Å². The largest absolute Gasteiger partial charge is 0.327 e. The van der Waals surface area contributed by atoms with Gasteiger partial charge in [-0.3, -0.25) is 9.62 Å². The van der Waals surface area contributed by atoms with Crippen molar-refractivity contribution in [1.82, 2.24) is 4.90 Å². The Bertz CT molecular complexity index is 820. The minimum atomic E-state index is -3.61. The number of hydrogen-bond donors (Lipinski definition) is 1. The lowest BCUT2D eigenvalue weighted by atomic mass is 10.2. The molecule has 0 aromatic heterocycles. The van der Waals surface area contributed by atoms with E-state index in [0.717, 1.165) is 18.7 Å². The smallest absolute Gasteiger partial charge is 0.324 e. The summed E-state index contributed by atoms with van der Waals surface area (Å²) in [6.45, 7) is 1.42. The van der Waals surface area contributed by atoms with Gasteiger partial charge in [0, 0.05) is 31.5 Å². The average Bonchev–Trinajstić information content (AvgIpc) is 2.59. The van der Waals surface area contributed by atoms with E-state index in [1.54, 1.807) is 71.4 Å². The molecule has 1 aliphatic heterocycles. The van der Waals surface area contributed by atoms with Crippen molar-refractivity contribution in [3.05, 3.63) is 54.6 Å². The summed E-state index contributed by atoms with van der Waals surface area (Å²) in [5, 5.41) is 0. The highest BCUT2D eigenvalue weighted by molar-refractivity contribution is 7.92. The van der Waals surface area contributed by atoms with Gasteiger partial charge in [0.2, 0.25) is 0 Å². The molecule has 3 rings (SSSR count). The predicted octanol–water partition coefficient (Wildman–Crippen LogP) is 2.75. The van der Waals surface area contributed by atoms with Gasteiger partial charge in [0.1, 0.15) is 0 Å². The Kier molecular flexibility index (Phi) is 4.44. The molecule has 7 heteroatoms. The van der Waals surface area contributed by atoms with E-state index in [4.69, 9.17) is 0 Å². The first kappa shape index (κ1) is 16.3. The second-order valence-corrected chi connectivity index (χ2v) is 7.36. The van der Waals surface area contributed by atoms with Crippen LogP contribution in [0.15, 0.2) is 59.5 Å². The number of carbonyl (C=O) groups excluding carboxylic acids is 1. The van der Waals surface area contributed by atoms with Gasteiger partial charge in [-0.25, -0.2) is 13.2 Å². The number of urea groups is 1. The maximum atomic E-state index is 12.3. The molecule has 0 atom stereocenters. The molecule has 1 saturated heterocycles. The molecule has 0 spiro atoms. The van der Waals surface area contributed by atoms with Gasteiger partial charge in [-0.05, 0) is 42.8 Å². The highest BCUT2D eigenvalue weighted by Gasteiger charge is 2.24. The zero-order valence-electron chi connectivity index (χ0n) is 13.3. The third-order valence-corrected chi connectivity index (χ3v) is 5.31. The van der Waals surface area contributed by atoms with Gasteiger partial charge >= 0.3 is 6.03 Å². The number of nitrogens with zero attached hydrogens (tertiary/aromatic N) is 2. The second kappa shape index (κ2) is 6.52. The summed E-state index contributed by atoms with van der Waals surface area (Å²) < 4.78 is 27.1. The van der Waals surface area contributed by atoms with E-state index in [-0.39, 0.29) is 10.9 Å². The third-order valence-electron chi connectivity index (χ3n) is 3.92. The first-order chi connectivity index (χ1) is 11.5. The molecule has 1 heterocycles. The molecule has 0 aliphatic carbocycles. The molecule has 2 aromatic carbocycles. The van der Waals surface area contributed by atoms with Crippen molar-refractivity contribution >= 4 is 27.4 Å². The van der Waals surface area contributed by atoms with E-state index in [9.17, 15) is 13.2 Å². The highest BCUT2D eigenvalue weighted by atomic mass is 32.2. The molecule has 2 amide bonds. The van der Waals surface area contributed by atoms with Crippen molar-refractivity contribution in [2.45, 2.75) is 11.3 Å². The number of rotatable bonds is 4. The van der Waals surface area contributed by atoms with Crippen LogP contribution in [0.3, 0.4) is 0 Å². The van der Waals surface area contributed by atoms with Gasteiger partial charge in [-0.15, -0.1) is 0 Å². The molecule has 2 aromatic rings. The van der Waals surface area contributed by atoms with E-state index in [1.807, 2.05) is 0 Å². The lowest BCUT2D eigenvalue weighted by Gasteiger charge is -2.33. The Morgan fingerprint density at radius 2 is 1.62 bits per heavy atom. The number of amides is 2. The Morgan fingerprint density at radius 1 is 0.958 bits per heavy atom. The number of anilines is 2. The minimum Gasteiger partial charge on any atom is -0.327 e. The van der Waals surface area contributed by atoms with E-state index in [1.165, 1.54) is 0 Å². The summed E-state index contributed by atoms with van der Waals surface area (Å²) in [4.78, 5) is 15.7. The monoisotopic (exact) mass is 345 g/mol. The van der Waals surface area contributed by atoms with Crippen LogP contribution in [-0.4, -0.2) is 39.5 Å². The first-order valence-electron chi connectivity index (χ1n) is 7.68. The quantitative estimate of drug-likeness (QED) is 0.926. The van der Waals surface area contributed by atoms with Crippen LogP contribution < -0.4 is 9.62 Å². The fourth-order valence-electron chi connectivity index (χ4n) is 2.63. The summed E-state index contributed by atoms with van der Waals surface area (Å²) in [6, 6.07) is 15.0. The molecular weight excluding hydrogens is 326 g/mol. The van der Waals surface area contributed by atoms with Crippen molar-refractivity contribution in [2.75, 3.05) is 29.8 Å². The molecule has 1 fully saturated rings. The molecule has 0 radical (unpaired) electrons. The number of hydrogen-bond acceptors (Lipinski definition) is 3. The normalized spacial score (nSPS) is 15.5. The zero-order valence-corrected chi connectivity index (χ0v) is 14.2. The maximum Gasteiger partial charge on any atom is 0.324 e. The van der Waals surface area contributed by atoms with Crippen molar-refractivity contribution in [3.63, 3.8) is 0 Å². The SMILES string of the molecule is CN1CCCN(c2ccc(NS(=O)(=O)c3ccccc3)cc2)C1=O. The lowest BCUT2D eigenvalue weighted by Crippen LogP contribution is -2.47. The molecule has 6 nitrogen and oxygen atoms in total. The standard InChI is InChI=1S/C17H19N3O3S/c1-19-12-5-13-20(17(19)21)15-10-8-14(9-11-15)18-24(22,23)16-6-3-2-4-7-16/h2-4,6-11,18H,5,12-13H2,1H3. The minimum absolute atomic E-state index is 0.0427. The molecular formula is C17H19N3O3S. The molecule has 24 heavy (non-hydrogen) atoms. The van der Waals surface area contributed by atoms with Crippen LogP contribution in [0.5, 0.6) is 0 Å². The van der Waals surface area contributed by atoms with E-state index >= 15 is 0 Å². The van der Waals surface area contributed by atoms with Crippen molar-refractivity contribution in [2.24, 2.45) is 0 Å². The Morgan fingerprint density at radius 3 is 2.29 bits per heavy atom. The summed E-state index contributed by atoms with van der Waals surface area (Å²) >= 11 is 0. The van der Waals surface area contributed by atoms with Crippen LogP contribution >= 0.6 is 0 Å². The van der Waals surface area contributed by atoms with Gasteiger partial charge in [0.05, 0.1) is 4.90 Å². The van der Waals surface area contributed by atoms with E-state index in [0.29, 0.717) is 12.2 Å². The Hall–Kier alpha value is -2.54. The summed E-state index contributed by atoms with van der Waals surface area (Å²) in [6.07, 6.45) is 0.907. The van der Waals surface area contributed by atoms with Crippen molar-refractivity contribution in [3.8, 4) is 0 Å².